The first-order chi connectivity index (χ1) is 6.79. The van der Waals surface area contributed by atoms with Crippen LogP contribution in [0, 0.1) is 5.92 Å². The predicted octanol–water partition coefficient (Wildman–Crippen LogP) is 1.17. The lowest BCUT2D eigenvalue weighted by Gasteiger charge is -2.11. The van der Waals surface area contributed by atoms with E-state index in [0.717, 1.165) is 24.5 Å². The van der Waals surface area contributed by atoms with Gasteiger partial charge in [-0.25, -0.2) is 0 Å². The lowest BCUT2D eigenvalue weighted by Crippen LogP contribution is -2.19. The van der Waals surface area contributed by atoms with E-state index in [-0.39, 0.29) is 6.10 Å². The number of hydrogen-bond donors (Lipinski definition) is 1. The Hall–Kier alpha value is -0.480. The molecule has 0 aromatic carbocycles. The fraction of sp³-hybridized carbons (Fsp3) is 0.700. The molecule has 4 heteroatoms. The summed E-state index contributed by atoms with van der Waals surface area (Å²) in [7, 11) is 0. The van der Waals surface area contributed by atoms with Crippen molar-refractivity contribution in [3.8, 4) is 0 Å². The molecule has 1 aromatic rings. The Labute approximate surface area is 88.5 Å². The summed E-state index contributed by atoms with van der Waals surface area (Å²) < 4.78 is 1.93. The highest BCUT2D eigenvalue weighted by atomic mass is 32.2. The summed E-state index contributed by atoms with van der Waals surface area (Å²) in [5, 5.41) is 13.9. The van der Waals surface area contributed by atoms with Crippen molar-refractivity contribution in [1.29, 1.82) is 0 Å². The molecule has 2 unspecified atom stereocenters. The highest BCUT2D eigenvalue weighted by molar-refractivity contribution is 7.99. The summed E-state index contributed by atoms with van der Waals surface area (Å²) in [6.07, 6.45) is 4.84. The van der Waals surface area contributed by atoms with E-state index in [4.69, 9.17) is 0 Å². The average molecular weight is 212 g/mol. The lowest BCUT2D eigenvalue weighted by molar-refractivity contribution is 0.150. The summed E-state index contributed by atoms with van der Waals surface area (Å²) >= 11 is 1.84. The van der Waals surface area contributed by atoms with E-state index in [1.165, 1.54) is 5.56 Å². The molecule has 78 valence electrons. The second kappa shape index (κ2) is 4.36. The normalized spacial score (nSPS) is 27.0. The molecular weight excluding hydrogens is 196 g/mol. The zero-order valence-corrected chi connectivity index (χ0v) is 9.20. The maximum absolute atomic E-state index is 9.67. The van der Waals surface area contributed by atoms with Gasteiger partial charge in [0, 0.05) is 18.5 Å². The van der Waals surface area contributed by atoms with E-state index >= 15 is 0 Å². The Kier molecular flexibility index (Phi) is 3.13. The number of hydrogen-bond acceptors (Lipinski definition) is 3. The Morgan fingerprint density at radius 3 is 3.07 bits per heavy atom. The van der Waals surface area contributed by atoms with E-state index in [1.54, 1.807) is 0 Å². The molecule has 0 spiro atoms. The lowest BCUT2D eigenvalue weighted by atomic mass is 9.99. The van der Waals surface area contributed by atoms with E-state index in [1.807, 2.05) is 22.6 Å². The van der Waals surface area contributed by atoms with Crippen LogP contribution in [-0.4, -0.2) is 32.5 Å². The van der Waals surface area contributed by atoms with Crippen LogP contribution in [0.5, 0.6) is 0 Å². The number of thioether (sulfide) groups is 1. The van der Waals surface area contributed by atoms with Crippen LogP contribution in [0.4, 0.5) is 0 Å². The fourth-order valence-corrected chi connectivity index (χ4v) is 3.06. The number of aromatic nitrogens is 2. The first-order valence-electron chi connectivity index (χ1n) is 5.06. The number of aliphatic hydroxyl groups is 1. The molecule has 1 N–H and O–H groups in total. The molecule has 1 aliphatic rings. The van der Waals surface area contributed by atoms with Crippen molar-refractivity contribution in [2.45, 2.75) is 26.0 Å². The van der Waals surface area contributed by atoms with Crippen molar-refractivity contribution >= 4 is 11.8 Å². The Morgan fingerprint density at radius 1 is 1.64 bits per heavy atom. The Bertz CT molecular complexity index is 300. The topological polar surface area (TPSA) is 38.0 Å². The summed E-state index contributed by atoms with van der Waals surface area (Å²) in [6, 6.07) is 0. The van der Waals surface area contributed by atoms with Crippen LogP contribution in [0.1, 0.15) is 12.5 Å². The summed E-state index contributed by atoms with van der Waals surface area (Å²) in [4.78, 5) is 0. The Morgan fingerprint density at radius 2 is 2.50 bits per heavy atom. The van der Waals surface area contributed by atoms with Crippen molar-refractivity contribution < 1.29 is 5.11 Å². The van der Waals surface area contributed by atoms with Gasteiger partial charge in [0.2, 0.25) is 0 Å². The molecule has 0 amide bonds. The van der Waals surface area contributed by atoms with Gasteiger partial charge >= 0.3 is 0 Å². The van der Waals surface area contributed by atoms with Gasteiger partial charge in [0.25, 0.3) is 0 Å². The summed E-state index contributed by atoms with van der Waals surface area (Å²) in [6.45, 7) is 3.00. The highest BCUT2D eigenvalue weighted by Crippen LogP contribution is 2.26. The minimum absolute atomic E-state index is 0.120. The minimum atomic E-state index is -0.120. The molecule has 2 rings (SSSR count). The average Bonchev–Trinajstić information content (AvgIpc) is 2.77. The second-order valence-electron chi connectivity index (χ2n) is 3.77. The zero-order chi connectivity index (χ0) is 9.97. The molecule has 1 fully saturated rings. The van der Waals surface area contributed by atoms with E-state index in [2.05, 4.69) is 18.2 Å². The third kappa shape index (κ3) is 2.12. The van der Waals surface area contributed by atoms with Crippen molar-refractivity contribution in [2.75, 3.05) is 11.5 Å². The second-order valence-corrected chi connectivity index (χ2v) is 4.85. The molecular formula is C10H16N2OS. The minimum Gasteiger partial charge on any atom is -0.392 e. The molecule has 14 heavy (non-hydrogen) atoms. The third-order valence-electron chi connectivity index (χ3n) is 2.67. The maximum Gasteiger partial charge on any atom is 0.0669 e. The van der Waals surface area contributed by atoms with Crippen molar-refractivity contribution in [3.63, 3.8) is 0 Å². The van der Waals surface area contributed by atoms with Crippen LogP contribution in [-0.2, 0) is 13.0 Å². The smallest absolute Gasteiger partial charge is 0.0669 e. The van der Waals surface area contributed by atoms with Gasteiger partial charge in [-0.15, -0.1) is 0 Å². The van der Waals surface area contributed by atoms with Crippen LogP contribution in [0.2, 0.25) is 0 Å². The number of aliphatic hydroxyl groups excluding tert-OH is 1. The van der Waals surface area contributed by atoms with Crippen LogP contribution >= 0.6 is 11.8 Å². The monoisotopic (exact) mass is 212 g/mol. The number of nitrogens with zero attached hydrogens (tertiary/aromatic N) is 2. The van der Waals surface area contributed by atoms with Gasteiger partial charge in [-0.05, 0) is 30.6 Å². The van der Waals surface area contributed by atoms with Crippen molar-refractivity contribution in [1.82, 2.24) is 9.78 Å². The van der Waals surface area contributed by atoms with Crippen LogP contribution in [0.25, 0.3) is 0 Å². The zero-order valence-electron chi connectivity index (χ0n) is 8.39. The van der Waals surface area contributed by atoms with Crippen molar-refractivity contribution in [3.05, 3.63) is 18.0 Å². The quantitative estimate of drug-likeness (QED) is 0.817. The summed E-state index contributed by atoms with van der Waals surface area (Å²) in [5.41, 5.74) is 1.25. The fourth-order valence-electron chi connectivity index (χ4n) is 1.77. The standard InChI is InChI=1S/C10H16N2OS/c1-2-12-5-8(4-11-12)3-9-6-14-7-10(9)13/h4-5,9-10,13H,2-3,6-7H2,1H3. The van der Waals surface area contributed by atoms with Gasteiger partial charge in [-0.2, -0.15) is 16.9 Å². The van der Waals surface area contributed by atoms with Gasteiger partial charge in [0.1, 0.15) is 0 Å². The van der Waals surface area contributed by atoms with Crippen LogP contribution < -0.4 is 0 Å². The first-order valence-corrected chi connectivity index (χ1v) is 6.22. The van der Waals surface area contributed by atoms with Gasteiger partial charge in [-0.1, -0.05) is 0 Å². The molecule has 1 aromatic heterocycles. The maximum atomic E-state index is 9.67. The largest absolute Gasteiger partial charge is 0.392 e. The molecule has 2 atom stereocenters. The summed E-state index contributed by atoms with van der Waals surface area (Å²) in [5.74, 6) is 2.40. The van der Waals surface area contributed by atoms with Gasteiger partial charge in [0.05, 0.1) is 12.3 Å². The van der Waals surface area contributed by atoms with Gasteiger partial charge in [-0.3, -0.25) is 4.68 Å². The molecule has 0 radical (unpaired) electrons. The molecule has 0 saturated carbocycles. The van der Waals surface area contributed by atoms with E-state index in [0.29, 0.717) is 5.92 Å². The molecule has 0 bridgehead atoms. The van der Waals surface area contributed by atoms with Gasteiger partial charge < -0.3 is 5.11 Å². The molecule has 2 heterocycles. The molecule has 0 aliphatic carbocycles. The number of aryl methyl sites for hydroxylation is 1. The predicted molar refractivity (Wildman–Crippen MR) is 58.4 cm³/mol. The molecule has 1 saturated heterocycles. The van der Waals surface area contributed by atoms with Crippen LogP contribution in [0.15, 0.2) is 12.4 Å². The van der Waals surface area contributed by atoms with Crippen LogP contribution in [0.3, 0.4) is 0 Å². The van der Waals surface area contributed by atoms with Gasteiger partial charge in [0.15, 0.2) is 0 Å². The molecule has 1 aliphatic heterocycles. The SMILES string of the molecule is CCn1cc(CC2CSCC2O)cn1. The number of rotatable bonds is 3. The van der Waals surface area contributed by atoms with E-state index in [9.17, 15) is 5.11 Å². The van der Waals surface area contributed by atoms with E-state index < -0.39 is 0 Å². The van der Waals surface area contributed by atoms with Crippen molar-refractivity contribution in [2.24, 2.45) is 5.92 Å². The highest BCUT2D eigenvalue weighted by Gasteiger charge is 2.26. The third-order valence-corrected chi connectivity index (χ3v) is 3.91. The Balaban J connectivity index is 1.96. The first kappa shape index (κ1) is 10.1. The molecule has 3 nitrogen and oxygen atoms in total.